The van der Waals surface area contributed by atoms with E-state index in [4.69, 9.17) is 18.0 Å². The van der Waals surface area contributed by atoms with Crippen LogP contribution in [0.1, 0.15) is 38.5 Å². The van der Waals surface area contributed by atoms with Gasteiger partial charge in [0.15, 0.2) is 0 Å². The van der Waals surface area contributed by atoms with Gasteiger partial charge in [0.25, 0.3) is 5.91 Å². The van der Waals surface area contributed by atoms with Crippen molar-refractivity contribution < 1.29 is 4.79 Å². The number of hydrogen-bond acceptors (Lipinski definition) is 3. The van der Waals surface area contributed by atoms with Gasteiger partial charge in [0.2, 0.25) is 0 Å². The first-order chi connectivity index (χ1) is 10.1. The molecular weight excluding hydrogens is 300 g/mol. The second-order valence-electron chi connectivity index (χ2n) is 5.17. The fraction of sp³-hybridized carbons (Fsp3) is 0.250. The number of nitrogens with one attached hydrogen (secondary N) is 1. The van der Waals surface area contributed by atoms with Crippen molar-refractivity contribution in [3.05, 3.63) is 51.2 Å². The number of thiophene rings is 1. The van der Waals surface area contributed by atoms with E-state index in [1.165, 1.54) is 23.3 Å². The van der Waals surface area contributed by atoms with E-state index in [0.717, 1.165) is 29.0 Å². The van der Waals surface area contributed by atoms with Crippen molar-refractivity contribution in [2.75, 3.05) is 5.32 Å². The zero-order chi connectivity index (χ0) is 14.8. The highest BCUT2D eigenvalue weighted by Crippen LogP contribution is 2.30. The zero-order valence-corrected chi connectivity index (χ0v) is 13.2. The molecule has 1 aromatic carbocycles. The highest BCUT2D eigenvalue weighted by atomic mass is 32.1. The Labute approximate surface area is 133 Å². The first-order valence-electron chi connectivity index (χ1n) is 6.96. The highest BCUT2D eigenvalue weighted by Gasteiger charge is 2.17. The quantitative estimate of drug-likeness (QED) is 0.852. The van der Waals surface area contributed by atoms with E-state index in [0.29, 0.717) is 4.99 Å². The van der Waals surface area contributed by atoms with Gasteiger partial charge in [0.05, 0.1) is 4.88 Å². The van der Waals surface area contributed by atoms with Gasteiger partial charge in [-0.25, -0.2) is 0 Å². The second kappa shape index (κ2) is 5.95. The minimum atomic E-state index is -0.0607. The van der Waals surface area contributed by atoms with E-state index < -0.39 is 0 Å². The number of carbonyl (C=O) groups excluding carboxylic acids is 1. The van der Waals surface area contributed by atoms with Gasteiger partial charge >= 0.3 is 0 Å². The molecule has 3 nitrogen and oxygen atoms in total. The molecule has 0 fully saturated rings. The molecule has 3 rings (SSSR count). The van der Waals surface area contributed by atoms with Gasteiger partial charge in [0.1, 0.15) is 4.99 Å². The number of carbonyl (C=O) groups is 1. The lowest BCUT2D eigenvalue weighted by molar-refractivity contribution is 0.103. The van der Waals surface area contributed by atoms with Crippen LogP contribution in [-0.4, -0.2) is 10.9 Å². The molecule has 2 aromatic rings. The maximum Gasteiger partial charge on any atom is 0.265 e. The van der Waals surface area contributed by atoms with E-state index >= 15 is 0 Å². The highest BCUT2D eigenvalue weighted by molar-refractivity contribution is 7.80. The number of aryl methyl sites for hydroxylation is 2. The predicted molar refractivity (Wildman–Crippen MR) is 91.2 cm³/mol. The van der Waals surface area contributed by atoms with Crippen molar-refractivity contribution in [2.45, 2.75) is 25.7 Å². The van der Waals surface area contributed by atoms with Crippen LogP contribution in [0, 0.1) is 0 Å². The summed E-state index contributed by atoms with van der Waals surface area (Å²) in [6.45, 7) is 0. The van der Waals surface area contributed by atoms with Gasteiger partial charge in [-0.15, -0.1) is 11.3 Å². The Bertz CT molecular complexity index is 683. The van der Waals surface area contributed by atoms with E-state index in [1.54, 1.807) is 17.4 Å². The maximum atomic E-state index is 12.3. The molecule has 0 saturated heterocycles. The Morgan fingerprint density at radius 2 is 2.05 bits per heavy atom. The Morgan fingerprint density at radius 3 is 2.81 bits per heavy atom. The average molecular weight is 316 g/mol. The summed E-state index contributed by atoms with van der Waals surface area (Å²) in [4.78, 5) is 14.8. The molecule has 0 unspecified atom stereocenters. The van der Waals surface area contributed by atoms with Gasteiger partial charge in [-0.05, 0) is 49.4 Å². The number of anilines is 1. The maximum absolute atomic E-state index is 12.3. The van der Waals surface area contributed by atoms with Crippen LogP contribution in [0.2, 0.25) is 0 Å². The predicted octanol–water partition coefficient (Wildman–Crippen LogP) is 3.51. The molecule has 1 amide bonds. The van der Waals surface area contributed by atoms with Crippen molar-refractivity contribution in [2.24, 2.45) is 5.73 Å². The first-order valence-corrected chi connectivity index (χ1v) is 8.19. The third-order valence-electron chi connectivity index (χ3n) is 3.63. The molecule has 108 valence electrons. The summed E-state index contributed by atoms with van der Waals surface area (Å²) in [5.41, 5.74) is 8.43. The molecule has 0 atom stereocenters. The van der Waals surface area contributed by atoms with Crippen molar-refractivity contribution in [1.82, 2.24) is 0 Å². The topological polar surface area (TPSA) is 55.1 Å². The summed E-state index contributed by atoms with van der Waals surface area (Å²) in [6.07, 6.45) is 4.64. The standard InChI is InChI=1S/C16H16N2OS2/c17-15(20)11-5-3-6-12(8-11)18-16(19)14-9-10-4-1-2-7-13(10)21-14/h3,5-6,8-9H,1-2,4,7H2,(H2,17,20)(H,18,19). The van der Waals surface area contributed by atoms with Gasteiger partial charge in [-0.2, -0.15) is 0 Å². The van der Waals surface area contributed by atoms with Crippen molar-refractivity contribution in [3.8, 4) is 0 Å². The molecular formula is C16H16N2OS2. The van der Waals surface area contributed by atoms with Crippen LogP contribution in [0.3, 0.4) is 0 Å². The number of thiocarbonyl (C=S) groups is 1. The summed E-state index contributed by atoms with van der Waals surface area (Å²) in [7, 11) is 0. The number of nitrogens with two attached hydrogens (primary N) is 1. The molecule has 5 heteroatoms. The summed E-state index contributed by atoms with van der Waals surface area (Å²) in [5, 5.41) is 2.92. The molecule has 1 aliphatic rings. The lowest BCUT2D eigenvalue weighted by atomic mass is 9.99. The summed E-state index contributed by atoms with van der Waals surface area (Å²) < 4.78 is 0. The van der Waals surface area contributed by atoms with Gasteiger partial charge in [-0.3, -0.25) is 4.79 Å². The van der Waals surface area contributed by atoms with E-state index in [1.807, 2.05) is 24.3 Å². The number of rotatable bonds is 3. The van der Waals surface area contributed by atoms with Gasteiger partial charge in [-0.1, -0.05) is 24.4 Å². The fourth-order valence-electron chi connectivity index (χ4n) is 2.55. The van der Waals surface area contributed by atoms with Gasteiger partial charge in [0, 0.05) is 16.1 Å². The molecule has 0 saturated carbocycles. The third kappa shape index (κ3) is 3.14. The lowest BCUT2D eigenvalue weighted by Gasteiger charge is -2.08. The van der Waals surface area contributed by atoms with E-state index in [9.17, 15) is 4.79 Å². The number of fused-ring (bicyclic) bond motifs is 1. The van der Waals surface area contributed by atoms with Crippen LogP contribution in [0.4, 0.5) is 5.69 Å². The van der Waals surface area contributed by atoms with Crippen molar-refractivity contribution in [3.63, 3.8) is 0 Å². The van der Waals surface area contributed by atoms with Crippen molar-refractivity contribution >= 4 is 40.1 Å². The molecule has 0 radical (unpaired) electrons. The third-order valence-corrected chi connectivity index (χ3v) is 5.10. The Hall–Kier alpha value is -1.72. The second-order valence-corrected chi connectivity index (χ2v) is 6.74. The fourth-order valence-corrected chi connectivity index (χ4v) is 3.82. The van der Waals surface area contributed by atoms with Crippen LogP contribution in [0.25, 0.3) is 0 Å². The Morgan fingerprint density at radius 1 is 1.24 bits per heavy atom. The van der Waals surface area contributed by atoms with Crippen LogP contribution >= 0.6 is 23.6 Å². The van der Waals surface area contributed by atoms with Crippen LogP contribution in [0.5, 0.6) is 0 Å². The average Bonchev–Trinajstić information content (AvgIpc) is 2.91. The van der Waals surface area contributed by atoms with Crippen molar-refractivity contribution in [1.29, 1.82) is 0 Å². The Kier molecular flexibility index (Phi) is 4.03. The number of benzene rings is 1. The molecule has 0 bridgehead atoms. The molecule has 1 aliphatic carbocycles. The normalized spacial score (nSPS) is 13.5. The molecule has 1 heterocycles. The first kappa shape index (κ1) is 14.2. The van der Waals surface area contributed by atoms with Crippen LogP contribution < -0.4 is 11.1 Å². The molecule has 21 heavy (non-hydrogen) atoms. The smallest absolute Gasteiger partial charge is 0.265 e. The number of hydrogen-bond donors (Lipinski definition) is 2. The zero-order valence-electron chi connectivity index (χ0n) is 11.5. The van der Waals surface area contributed by atoms with Gasteiger partial charge < -0.3 is 11.1 Å². The monoisotopic (exact) mass is 316 g/mol. The summed E-state index contributed by atoms with van der Waals surface area (Å²) >= 11 is 6.57. The SMILES string of the molecule is NC(=S)c1cccc(NC(=O)c2cc3c(s2)CCCC3)c1. The minimum Gasteiger partial charge on any atom is -0.389 e. The Balaban J connectivity index is 1.78. The van der Waals surface area contributed by atoms with Crippen LogP contribution in [0.15, 0.2) is 30.3 Å². The number of amides is 1. The molecule has 0 aliphatic heterocycles. The largest absolute Gasteiger partial charge is 0.389 e. The van der Waals surface area contributed by atoms with Crippen LogP contribution in [-0.2, 0) is 12.8 Å². The van der Waals surface area contributed by atoms with E-state index in [2.05, 4.69) is 5.32 Å². The summed E-state index contributed by atoms with van der Waals surface area (Å²) in [6, 6.07) is 9.35. The lowest BCUT2D eigenvalue weighted by Crippen LogP contribution is -2.13. The molecule has 0 spiro atoms. The molecule has 3 N–H and O–H groups in total. The van der Waals surface area contributed by atoms with E-state index in [-0.39, 0.29) is 5.91 Å². The minimum absolute atomic E-state index is 0.0607. The summed E-state index contributed by atoms with van der Waals surface area (Å²) in [5.74, 6) is -0.0607. The molecule has 1 aromatic heterocycles.